The van der Waals surface area contributed by atoms with Crippen molar-refractivity contribution >= 4 is 23.4 Å². The second kappa shape index (κ2) is 7.85. The first kappa shape index (κ1) is 17.7. The molecule has 5 heteroatoms. The highest BCUT2D eigenvalue weighted by Gasteiger charge is 2.12. The number of ether oxygens (including phenoxy) is 1. The van der Waals surface area contributed by atoms with Crippen LogP contribution in [-0.4, -0.2) is 23.5 Å². The fraction of sp³-hybridized carbons (Fsp3) is 0.0476. The van der Waals surface area contributed by atoms with Gasteiger partial charge in [0, 0.05) is 10.6 Å². The van der Waals surface area contributed by atoms with E-state index >= 15 is 0 Å². The van der Waals surface area contributed by atoms with Gasteiger partial charge in [-0.1, -0.05) is 35.9 Å². The minimum absolute atomic E-state index is 0.194. The summed E-state index contributed by atoms with van der Waals surface area (Å²) < 4.78 is 5.08. The van der Waals surface area contributed by atoms with Crippen molar-refractivity contribution in [3.63, 3.8) is 0 Å². The smallest absolute Gasteiger partial charge is 0.338 e. The van der Waals surface area contributed by atoms with Gasteiger partial charge in [0.1, 0.15) is 5.75 Å². The number of esters is 1. The number of halogens is 1. The fourth-order valence-electron chi connectivity index (χ4n) is 2.39. The Morgan fingerprint density at radius 2 is 1.27 bits per heavy atom. The summed E-state index contributed by atoms with van der Waals surface area (Å²) in [5, 5.41) is 9.86. The predicted molar refractivity (Wildman–Crippen MR) is 99.6 cm³/mol. The van der Waals surface area contributed by atoms with Crippen molar-refractivity contribution in [3.8, 4) is 16.9 Å². The van der Waals surface area contributed by atoms with E-state index < -0.39 is 5.97 Å². The van der Waals surface area contributed by atoms with Crippen LogP contribution >= 0.6 is 11.6 Å². The number of carbonyl (C=O) groups excluding carboxylic acids is 2. The molecule has 26 heavy (non-hydrogen) atoms. The van der Waals surface area contributed by atoms with Gasteiger partial charge in [-0.25, -0.2) is 4.79 Å². The molecule has 0 heterocycles. The molecule has 3 aromatic rings. The third-order valence-corrected chi connectivity index (χ3v) is 4.07. The van der Waals surface area contributed by atoms with Crippen LogP contribution in [0, 0.1) is 0 Å². The number of aromatic hydroxyl groups is 1. The van der Waals surface area contributed by atoms with Gasteiger partial charge in [0.15, 0.2) is 12.4 Å². The predicted octanol–water partition coefficient (Wildman–Crippen LogP) is 4.75. The minimum Gasteiger partial charge on any atom is -0.508 e. The highest BCUT2D eigenvalue weighted by Crippen LogP contribution is 2.22. The number of phenols is 1. The number of phenolic OH excluding ortho intramolecular Hbond substituents is 1. The first-order chi connectivity index (χ1) is 12.5. The first-order valence-corrected chi connectivity index (χ1v) is 8.26. The fourth-order valence-corrected chi connectivity index (χ4v) is 2.51. The van der Waals surface area contributed by atoms with Crippen LogP contribution in [0.1, 0.15) is 20.7 Å². The number of ketones is 1. The molecule has 0 aliphatic heterocycles. The van der Waals surface area contributed by atoms with E-state index in [9.17, 15) is 14.7 Å². The zero-order chi connectivity index (χ0) is 18.5. The molecular weight excluding hydrogens is 352 g/mol. The summed E-state index contributed by atoms with van der Waals surface area (Å²) in [5.41, 5.74) is 2.61. The second-order valence-electron chi connectivity index (χ2n) is 5.63. The van der Waals surface area contributed by atoms with Crippen LogP contribution in [0.4, 0.5) is 0 Å². The van der Waals surface area contributed by atoms with Crippen LogP contribution in [0.5, 0.6) is 5.75 Å². The van der Waals surface area contributed by atoms with Gasteiger partial charge in [-0.15, -0.1) is 0 Å². The Bertz CT molecular complexity index is 914. The Kier molecular flexibility index (Phi) is 5.34. The van der Waals surface area contributed by atoms with Crippen LogP contribution in [0.3, 0.4) is 0 Å². The number of hydrogen-bond donors (Lipinski definition) is 1. The lowest BCUT2D eigenvalue weighted by Gasteiger charge is -2.06. The van der Waals surface area contributed by atoms with Crippen molar-refractivity contribution in [2.45, 2.75) is 0 Å². The van der Waals surface area contributed by atoms with Crippen molar-refractivity contribution in [1.29, 1.82) is 0 Å². The molecule has 0 fully saturated rings. The van der Waals surface area contributed by atoms with Gasteiger partial charge in [0.25, 0.3) is 0 Å². The molecular formula is C21H15ClO4. The van der Waals surface area contributed by atoms with E-state index in [1.54, 1.807) is 72.8 Å². The highest BCUT2D eigenvalue weighted by atomic mass is 35.5. The monoisotopic (exact) mass is 366 g/mol. The molecule has 0 spiro atoms. The highest BCUT2D eigenvalue weighted by molar-refractivity contribution is 6.30. The largest absolute Gasteiger partial charge is 0.508 e. The summed E-state index contributed by atoms with van der Waals surface area (Å²) in [6.07, 6.45) is 0. The zero-order valence-corrected chi connectivity index (χ0v) is 14.4. The van der Waals surface area contributed by atoms with Gasteiger partial charge in [-0.2, -0.15) is 0 Å². The molecule has 0 radical (unpaired) electrons. The van der Waals surface area contributed by atoms with E-state index in [1.807, 2.05) is 0 Å². The quantitative estimate of drug-likeness (QED) is 0.522. The second-order valence-corrected chi connectivity index (χ2v) is 6.07. The lowest BCUT2D eigenvalue weighted by atomic mass is 10.0. The third kappa shape index (κ3) is 4.29. The molecule has 1 N–H and O–H groups in total. The maximum atomic E-state index is 12.1. The van der Waals surface area contributed by atoms with Crippen LogP contribution in [0.15, 0.2) is 72.8 Å². The van der Waals surface area contributed by atoms with Crippen molar-refractivity contribution in [2.24, 2.45) is 0 Å². The maximum absolute atomic E-state index is 12.1. The van der Waals surface area contributed by atoms with E-state index in [4.69, 9.17) is 16.3 Å². The Labute approximate surface area is 155 Å². The molecule has 0 saturated carbocycles. The summed E-state index contributed by atoms with van der Waals surface area (Å²) in [6.45, 7) is -0.333. The lowest BCUT2D eigenvalue weighted by molar-refractivity contribution is 0.0475. The average molecular weight is 367 g/mol. The maximum Gasteiger partial charge on any atom is 0.338 e. The van der Waals surface area contributed by atoms with Gasteiger partial charge in [0.2, 0.25) is 0 Å². The van der Waals surface area contributed by atoms with E-state index in [1.165, 1.54) is 0 Å². The molecule has 0 bridgehead atoms. The number of Topliss-reactive ketones (excluding diaryl/α,β-unsaturated/α-hetero) is 1. The topological polar surface area (TPSA) is 63.6 Å². The van der Waals surface area contributed by atoms with E-state index in [0.29, 0.717) is 16.1 Å². The Hall–Kier alpha value is -3.11. The summed E-state index contributed by atoms with van der Waals surface area (Å²) in [6, 6.07) is 20.0. The number of hydrogen-bond acceptors (Lipinski definition) is 4. The molecule has 0 aliphatic rings. The molecule has 0 aromatic heterocycles. The molecule has 0 aliphatic carbocycles. The first-order valence-electron chi connectivity index (χ1n) is 7.88. The van der Waals surface area contributed by atoms with Crippen molar-refractivity contribution in [3.05, 3.63) is 88.9 Å². The van der Waals surface area contributed by atoms with Gasteiger partial charge < -0.3 is 9.84 Å². The molecule has 3 aromatic carbocycles. The number of rotatable bonds is 5. The van der Waals surface area contributed by atoms with Crippen LogP contribution in [0.2, 0.25) is 5.02 Å². The number of benzene rings is 3. The zero-order valence-electron chi connectivity index (χ0n) is 13.7. The molecule has 0 atom stereocenters. The molecule has 0 saturated heterocycles. The third-order valence-electron chi connectivity index (χ3n) is 3.82. The normalized spacial score (nSPS) is 10.3. The SMILES string of the molecule is O=C(COC(=O)c1ccc(-c2ccc(O)cc2)cc1)c1ccc(Cl)cc1. The van der Waals surface area contributed by atoms with Crippen LogP contribution in [0.25, 0.3) is 11.1 Å². The minimum atomic E-state index is -0.565. The van der Waals surface area contributed by atoms with E-state index in [0.717, 1.165) is 11.1 Å². The van der Waals surface area contributed by atoms with Crippen molar-refractivity contribution in [1.82, 2.24) is 0 Å². The molecule has 130 valence electrons. The summed E-state index contributed by atoms with van der Waals surface area (Å²) in [4.78, 5) is 24.1. The van der Waals surface area contributed by atoms with Crippen LogP contribution in [-0.2, 0) is 4.74 Å². The standard InChI is InChI=1S/C21H15ClO4/c22-18-9-5-16(6-10-18)20(24)13-26-21(25)17-3-1-14(2-4-17)15-7-11-19(23)12-8-15/h1-12,23H,13H2. The van der Waals surface area contributed by atoms with Gasteiger partial charge in [-0.05, 0) is 59.7 Å². The van der Waals surface area contributed by atoms with Crippen molar-refractivity contribution < 1.29 is 19.4 Å². The van der Waals surface area contributed by atoms with Gasteiger partial charge >= 0.3 is 5.97 Å². The summed E-state index contributed by atoms with van der Waals surface area (Å²) in [7, 11) is 0. The summed E-state index contributed by atoms with van der Waals surface area (Å²) >= 11 is 5.78. The Morgan fingerprint density at radius 3 is 1.85 bits per heavy atom. The average Bonchev–Trinajstić information content (AvgIpc) is 2.67. The van der Waals surface area contributed by atoms with E-state index in [-0.39, 0.29) is 18.1 Å². The van der Waals surface area contributed by atoms with Crippen LogP contribution < -0.4 is 0 Å². The molecule has 0 amide bonds. The Morgan fingerprint density at radius 1 is 0.769 bits per heavy atom. The molecule has 0 unspecified atom stereocenters. The molecule has 3 rings (SSSR count). The number of carbonyl (C=O) groups is 2. The Balaban J connectivity index is 1.62. The lowest BCUT2D eigenvalue weighted by Crippen LogP contribution is -2.14. The molecule has 4 nitrogen and oxygen atoms in total. The van der Waals surface area contributed by atoms with E-state index in [2.05, 4.69) is 0 Å². The van der Waals surface area contributed by atoms with Gasteiger partial charge in [-0.3, -0.25) is 4.79 Å². The van der Waals surface area contributed by atoms with Gasteiger partial charge in [0.05, 0.1) is 5.56 Å². The summed E-state index contributed by atoms with van der Waals surface area (Å²) in [5.74, 6) is -0.667. The van der Waals surface area contributed by atoms with Crippen molar-refractivity contribution in [2.75, 3.05) is 6.61 Å².